The van der Waals surface area contributed by atoms with Crippen LogP contribution in [0, 0.1) is 5.82 Å². The molecule has 8 nitrogen and oxygen atoms in total. The number of nitrogens with one attached hydrogen (secondary N) is 1. The van der Waals surface area contributed by atoms with Crippen LogP contribution in [0.2, 0.25) is 0 Å². The minimum absolute atomic E-state index is 0.0321. The van der Waals surface area contributed by atoms with Crippen molar-refractivity contribution in [1.29, 1.82) is 0 Å². The van der Waals surface area contributed by atoms with E-state index in [1.54, 1.807) is 11.8 Å². The molecule has 0 radical (unpaired) electrons. The van der Waals surface area contributed by atoms with E-state index in [-0.39, 0.29) is 35.2 Å². The first-order valence-electron chi connectivity index (χ1n) is 8.76. The maximum Gasteiger partial charge on any atom is 0.341 e. The Morgan fingerprint density at radius 3 is 2.81 bits per heavy atom. The second kappa shape index (κ2) is 7.43. The fraction of sp³-hybridized carbons (Fsp3) is 0.444. The Balaban J connectivity index is 2.00. The standard InChI is InChI=1S/C18H21FN4O4/c1-3-22-9-13(18(26)27)15(25)12-6-14(19)17(21-16(12)22)23-5-4-11(8-23)20-7-10(2)24/h6,9,11,20H,3-5,7-8H2,1-2H3,(H,26,27). The molecule has 2 N–H and O–H groups in total. The predicted molar refractivity (Wildman–Crippen MR) is 97.9 cm³/mol. The summed E-state index contributed by atoms with van der Waals surface area (Å²) in [5.41, 5.74) is -0.903. The average Bonchev–Trinajstić information content (AvgIpc) is 3.08. The molecule has 3 rings (SSSR count). The highest BCUT2D eigenvalue weighted by molar-refractivity contribution is 5.92. The number of pyridine rings is 2. The maximum absolute atomic E-state index is 14.7. The molecule has 2 aromatic heterocycles. The molecule has 0 amide bonds. The van der Waals surface area contributed by atoms with Crippen molar-refractivity contribution in [2.45, 2.75) is 32.9 Å². The molecular weight excluding hydrogens is 355 g/mol. The number of aromatic carboxylic acids is 1. The average molecular weight is 376 g/mol. The van der Waals surface area contributed by atoms with Gasteiger partial charge in [-0.2, -0.15) is 0 Å². The summed E-state index contributed by atoms with van der Waals surface area (Å²) < 4.78 is 16.2. The maximum atomic E-state index is 14.7. The molecule has 27 heavy (non-hydrogen) atoms. The van der Waals surface area contributed by atoms with Crippen molar-refractivity contribution in [3.63, 3.8) is 0 Å². The molecular formula is C18H21FN4O4. The lowest BCUT2D eigenvalue weighted by molar-refractivity contribution is -0.116. The minimum Gasteiger partial charge on any atom is -0.477 e. The normalized spacial score (nSPS) is 16.9. The number of fused-ring (bicyclic) bond motifs is 1. The predicted octanol–water partition coefficient (Wildman–Crippen LogP) is 1.01. The Morgan fingerprint density at radius 2 is 2.19 bits per heavy atom. The highest BCUT2D eigenvalue weighted by Gasteiger charge is 2.27. The van der Waals surface area contributed by atoms with Crippen LogP contribution in [0.15, 0.2) is 17.1 Å². The molecule has 0 bridgehead atoms. The van der Waals surface area contributed by atoms with Gasteiger partial charge in [-0.1, -0.05) is 0 Å². The van der Waals surface area contributed by atoms with Gasteiger partial charge in [0.15, 0.2) is 11.6 Å². The van der Waals surface area contributed by atoms with Crippen molar-refractivity contribution in [2.24, 2.45) is 0 Å². The van der Waals surface area contributed by atoms with Crippen LogP contribution in [0.4, 0.5) is 10.2 Å². The van der Waals surface area contributed by atoms with E-state index in [4.69, 9.17) is 0 Å². The first-order valence-corrected chi connectivity index (χ1v) is 8.76. The van der Waals surface area contributed by atoms with Crippen molar-refractivity contribution >= 4 is 28.6 Å². The lowest BCUT2D eigenvalue weighted by Gasteiger charge is -2.20. The molecule has 9 heteroatoms. The van der Waals surface area contributed by atoms with Crippen LogP contribution in [0.3, 0.4) is 0 Å². The highest BCUT2D eigenvalue weighted by Crippen LogP contribution is 2.24. The first-order chi connectivity index (χ1) is 12.8. The smallest absolute Gasteiger partial charge is 0.341 e. The van der Waals surface area contributed by atoms with Crippen LogP contribution >= 0.6 is 0 Å². The molecule has 1 aliphatic rings. The number of aromatic nitrogens is 2. The number of rotatable bonds is 6. The van der Waals surface area contributed by atoms with E-state index < -0.39 is 22.8 Å². The Morgan fingerprint density at radius 1 is 1.44 bits per heavy atom. The van der Waals surface area contributed by atoms with Gasteiger partial charge >= 0.3 is 5.97 Å². The molecule has 1 fully saturated rings. The number of carbonyl (C=O) groups is 2. The lowest BCUT2D eigenvalue weighted by Crippen LogP contribution is -2.35. The van der Waals surface area contributed by atoms with Crippen LogP contribution in [0.1, 0.15) is 30.6 Å². The molecule has 2 aromatic rings. The summed E-state index contributed by atoms with van der Waals surface area (Å²) in [6, 6.07) is 1.11. The van der Waals surface area contributed by atoms with Crippen LogP contribution in [0.25, 0.3) is 11.0 Å². The first kappa shape index (κ1) is 19.0. The van der Waals surface area contributed by atoms with Gasteiger partial charge in [0.1, 0.15) is 17.0 Å². The zero-order valence-electron chi connectivity index (χ0n) is 15.2. The largest absolute Gasteiger partial charge is 0.477 e. The van der Waals surface area contributed by atoms with Gasteiger partial charge in [0.25, 0.3) is 0 Å². The van der Waals surface area contributed by atoms with Gasteiger partial charge in [-0.15, -0.1) is 0 Å². The molecule has 144 valence electrons. The summed E-state index contributed by atoms with van der Waals surface area (Å²) in [5.74, 6) is -1.87. The molecule has 1 atom stereocenters. The van der Waals surface area contributed by atoms with E-state index in [0.29, 0.717) is 19.6 Å². The minimum atomic E-state index is -1.35. The Bertz CT molecular complexity index is 972. The number of Topliss-reactive ketones (excluding diaryl/α,β-unsaturated/α-hetero) is 1. The van der Waals surface area contributed by atoms with E-state index >= 15 is 0 Å². The summed E-state index contributed by atoms with van der Waals surface area (Å²) in [5, 5.41) is 12.3. The number of hydrogen-bond donors (Lipinski definition) is 2. The summed E-state index contributed by atoms with van der Waals surface area (Å²) in [4.78, 5) is 40.9. The van der Waals surface area contributed by atoms with Gasteiger partial charge in [-0.25, -0.2) is 14.2 Å². The van der Waals surface area contributed by atoms with E-state index in [9.17, 15) is 23.9 Å². The van der Waals surface area contributed by atoms with Crippen LogP contribution < -0.4 is 15.6 Å². The fourth-order valence-corrected chi connectivity index (χ4v) is 3.30. The molecule has 1 saturated heterocycles. The number of carboxylic acids is 1. The Kier molecular flexibility index (Phi) is 5.22. The van der Waals surface area contributed by atoms with Gasteiger partial charge in [0, 0.05) is 31.9 Å². The van der Waals surface area contributed by atoms with Crippen molar-refractivity contribution in [3.05, 3.63) is 33.9 Å². The second-order valence-corrected chi connectivity index (χ2v) is 6.64. The van der Waals surface area contributed by atoms with Crippen molar-refractivity contribution in [2.75, 3.05) is 24.5 Å². The number of aryl methyl sites for hydroxylation is 1. The number of nitrogens with zero attached hydrogens (tertiary/aromatic N) is 3. The number of ketones is 1. The van der Waals surface area contributed by atoms with Gasteiger partial charge in [-0.05, 0) is 26.3 Å². The SMILES string of the molecule is CCn1cc(C(=O)O)c(=O)c2cc(F)c(N3CCC(NCC(C)=O)C3)nc21. The highest BCUT2D eigenvalue weighted by atomic mass is 19.1. The van der Waals surface area contributed by atoms with Crippen LogP contribution in [-0.4, -0.2) is 52.1 Å². The van der Waals surface area contributed by atoms with Crippen molar-refractivity contribution in [3.8, 4) is 0 Å². The van der Waals surface area contributed by atoms with Gasteiger partial charge in [0.05, 0.1) is 11.9 Å². The summed E-state index contributed by atoms with van der Waals surface area (Å²) >= 11 is 0. The van der Waals surface area contributed by atoms with E-state index in [1.807, 2.05) is 0 Å². The van der Waals surface area contributed by atoms with Gasteiger partial charge in [0.2, 0.25) is 5.43 Å². The number of carboxylic acid groups (broad SMARTS) is 1. The molecule has 3 heterocycles. The lowest BCUT2D eigenvalue weighted by atomic mass is 10.2. The molecule has 0 saturated carbocycles. The third kappa shape index (κ3) is 3.68. The van der Waals surface area contributed by atoms with E-state index in [1.165, 1.54) is 17.7 Å². The number of halogens is 1. The van der Waals surface area contributed by atoms with E-state index in [0.717, 1.165) is 12.5 Å². The molecule has 0 aromatic carbocycles. The third-order valence-electron chi connectivity index (χ3n) is 4.68. The summed E-state index contributed by atoms with van der Waals surface area (Å²) in [6.45, 7) is 5.00. The molecule has 0 aliphatic carbocycles. The molecule has 0 spiro atoms. The van der Waals surface area contributed by atoms with Gasteiger partial charge in [-0.3, -0.25) is 9.59 Å². The van der Waals surface area contributed by atoms with Gasteiger partial charge < -0.3 is 19.9 Å². The summed E-state index contributed by atoms with van der Waals surface area (Å²) in [7, 11) is 0. The molecule has 1 aliphatic heterocycles. The van der Waals surface area contributed by atoms with Crippen LogP contribution in [-0.2, 0) is 11.3 Å². The fourth-order valence-electron chi connectivity index (χ4n) is 3.30. The topological polar surface area (TPSA) is 105 Å². The Hall–Kier alpha value is -2.81. The third-order valence-corrected chi connectivity index (χ3v) is 4.68. The van der Waals surface area contributed by atoms with Crippen LogP contribution in [0.5, 0.6) is 0 Å². The zero-order chi connectivity index (χ0) is 19.7. The monoisotopic (exact) mass is 376 g/mol. The zero-order valence-corrected chi connectivity index (χ0v) is 15.2. The Labute approximate surface area is 154 Å². The number of anilines is 1. The number of carbonyl (C=O) groups excluding carboxylic acids is 1. The second-order valence-electron chi connectivity index (χ2n) is 6.64. The van der Waals surface area contributed by atoms with E-state index in [2.05, 4.69) is 10.3 Å². The molecule has 1 unspecified atom stereocenters. The number of hydrogen-bond acceptors (Lipinski definition) is 6. The quantitative estimate of drug-likeness (QED) is 0.775. The summed E-state index contributed by atoms with van der Waals surface area (Å²) in [6.07, 6.45) is 1.98. The van der Waals surface area contributed by atoms with Crippen molar-refractivity contribution in [1.82, 2.24) is 14.9 Å². The van der Waals surface area contributed by atoms with Crippen molar-refractivity contribution < 1.29 is 19.1 Å².